The maximum Gasteiger partial charge on any atom is 0.270 e. The number of carbonyl (C=O) groups is 1. The Morgan fingerprint density at radius 2 is 2.09 bits per heavy atom. The molecule has 0 spiro atoms. The SMILES string of the molecule is CCCCOCCCNC(=O)c1c(C)nc2c(Cl)cc(Cl)cn12. The number of aromatic nitrogens is 2. The molecule has 5 nitrogen and oxygen atoms in total. The second kappa shape index (κ2) is 8.52. The van der Waals surface area contributed by atoms with Gasteiger partial charge in [0.2, 0.25) is 0 Å². The Morgan fingerprint density at radius 1 is 1.35 bits per heavy atom. The van der Waals surface area contributed by atoms with Gasteiger partial charge in [-0.2, -0.15) is 0 Å². The summed E-state index contributed by atoms with van der Waals surface area (Å²) in [6.45, 7) is 5.87. The molecule has 23 heavy (non-hydrogen) atoms. The van der Waals surface area contributed by atoms with E-state index in [1.165, 1.54) is 0 Å². The predicted molar refractivity (Wildman–Crippen MR) is 92.6 cm³/mol. The minimum absolute atomic E-state index is 0.193. The smallest absolute Gasteiger partial charge is 0.270 e. The van der Waals surface area contributed by atoms with Crippen LogP contribution >= 0.6 is 23.2 Å². The number of aryl methyl sites for hydroxylation is 1. The third-order valence-electron chi connectivity index (χ3n) is 3.42. The summed E-state index contributed by atoms with van der Waals surface area (Å²) in [5.41, 5.74) is 1.60. The molecule has 0 radical (unpaired) electrons. The van der Waals surface area contributed by atoms with Crippen LogP contribution in [0.1, 0.15) is 42.4 Å². The number of hydrogen-bond donors (Lipinski definition) is 1. The zero-order valence-electron chi connectivity index (χ0n) is 13.4. The molecule has 1 amide bonds. The van der Waals surface area contributed by atoms with E-state index < -0.39 is 0 Å². The molecule has 0 aliphatic heterocycles. The van der Waals surface area contributed by atoms with Crippen LogP contribution in [0.5, 0.6) is 0 Å². The van der Waals surface area contributed by atoms with E-state index in [2.05, 4.69) is 17.2 Å². The topological polar surface area (TPSA) is 55.6 Å². The molecule has 2 aromatic rings. The largest absolute Gasteiger partial charge is 0.381 e. The summed E-state index contributed by atoms with van der Waals surface area (Å²) in [4.78, 5) is 16.7. The molecule has 0 saturated heterocycles. The molecule has 2 heterocycles. The Morgan fingerprint density at radius 3 is 2.83 bits per heavy atom. The van der Waals surface area contributed by atoms with E-state index in [1.807, 2.05) is 0 Å². The molecule has 7 heteroatoms. The normalized spacial score (nSPS) is 11.1. The number of hydrogen-bond acceptors (Lipinski definition) is 3. The van der Waals surface area contributed by atoms with Crippen LogP contribution in [0.15, 0.2) is 12.3 Å². The van der Waals surface area contributed by atoms with Crippen molar-refractivity contribution >= 4 is 34.8 Å². The van der Waals surface area contributed by atoms with E-state index in [4.69, 9.17) is 27.9 Å². The first kappa shape index (κ1) is 18.0. The number of amides is 1. The molecule has 126 valence electrons. The lowest BCUT2D eigenvalue weighted by atomic mass is 10.3. The van der Waals surface area contributed by atoms with Gasteiger partial charge in [0, 0.05) is 26.0 Å². The first-order valence-corrected chi connectivity index (χ1v) is 8.49. The summed E-state index contributed by atoms with van der Waals surface area (Å²) in [5.74, 6) is -0.193. The second-order valence-corrected chi connectivity index (χ2v) is 6.16. The maximum absolute atomic E-state index is 12.4. The minimum atomic E-state index is -0.193. The van der Waals surface area contributed by atoms with Crippen molar-refractivity contribution in [3.63, 3.8) is 0 Å². The van der Waals surface area contributed by atoms with Gasteiger partial charge in [-0.1, -0.05) is 36.5 Å². The molecule has 0 saturated carbocycles. The number of carbonyl (C=O) groups excluding carboxylic acids is 1. The van der Waals surface area contributed by atoms with Crippen molar-refractivity contribution in [2.45, 2.75) is 33.1 Å². The summed E-state index contributed by atoms with van der Waals surface area (Å²) < 4.78 is 7.10. The Labute approximate surface area is 145 Å². The van der Waals surface area contributed by atoms with Crippen LogP contribution in [-0.2, 0) is 4.74 Å². The van der Waals surface area contributed by atoms with Crippen molar-refractivity contribution in [3.05, 3.63) is 33.7 Å². The zero-order chi connectivity index (χ0) is 16.8. The average Bonchev–Trinajstić information content (AvgIpc) is 2.82. The lowest BCUT2D eigenvalue weighted by Gasteiger charge is -2.07. The van der Waals surface area contributed by atoms with Gasteiger partial charge in [0.15, 0.2) is 5.65 Å². The van der Waals surface area contributed by atoms with Crippen molar-refractivity contribution in [1.29, 1.82) is 0 Å². The van der Waals surface area contributed by atoms with Crippen molar-refractivity contribution < 1.29 is 9.53 Å². The van der Waals surface area contributed by atoms with Gasteiger partial charge in [-0.25, -0.2) is 4.98 Å². The van der Waals surface area contributed by atoms with Gasteiger partial charge in [0.25, 0.3) is 5.91 Å². The van der Waals surface area contributed by atoms with Gasteiger partial charge < -0.3 is 10.1 Å². The number of halogens is 2. The molecule has 2 rings (SSSR count). The van der Waals surface area contributed by atoms with Gasteiger partial charge in [-0.3, -0.25) is 9.20 Å². The van der Waals surface area contributed by atoms with Crippen molar-refractivity contribution in [3.8, 4) is 0 Å². The molecule has 0 unspecified atom stereocenters. The van der Waals surface area contributed by atoms with Gasteiger partial charge in [-0.15, -0.1) is 0 Å². The van der Waals surface area contributed by atoms with Crippen LogP contribution in [0.4, 0.5) is 0 Å². The van der Waals surface area contributed by atoms with E-state index in [1.54, 1.807) is 23.6 Å². The van der Waals surface area contributed by atoms with Crippen LogP contribution < -0.4 is 5.32 Å². The zero-order valence-corrected chi connectivity index (χ0v) is 14.9. The highest BCUT2D eigenvalue weighted by atomic mass is 35.5. The van der Waals surface area contributed by atoms with E-state index in [0.717, 1.165) is 25.9 Å². The summed E-state index contributed by atoms with van der Waals surface area (Å²) in [7, 11) is 0. The Hall–Kier alpha value is -1.30. The summed E-state index contributed by atoms with van der Waals surface area (Å²) in [5, 5.41) is 3.76. The highest BCUT2D eigenvalue weighted by Crippen LogP contribution is 2.24. The molecule has 0 aliphatic carbocycles. The molecular weight excluding hydrogens is 337 g/mol. The number of pyridine rings is 1. The molecule has 0 aliphatic rings. The summed E-state index contributed by atoms with van der Waals surface area (Å²) >= 11 is 12.1. The third-order valence-corrected chi connectivity index (χ3v) is 3.91. The monoisotopic (exact) mass is 357 g/mol. The molecule has 2 aromatic heterocycles. The summed E-state index contributed by atoms with van der Waals surface area (Å²) in [6, 6.07) is 1.61. The Bertz CT molecular complexity index is 686. The number of unbranched alkanes of at least 4 members (excludes halogenated alkanes) is 1. The highest BCUT2D eigenvalue weighted by molar-refractivity contribution is 6.36. The Balaban J connectivity index is 1.97. The fraction of sp³-hybridized carbons (Fsp3) is 0.500. The van der Waals surface area contributed by atoms with Crippen molar-refractivity contribution in [2.24, 2.45) is 0 Å². The van der Waals surface area contributed by atoms with E-state index >= 15 is 0 Å². The van der Waals surface area contributed by atoms with Gasteiger partial charge in [0.05, 0.1) is 15.7 Å². The van der Waals surface area contributed by atoms with Crippen molar-refractivity contribution in [2.75, 3.05) is 19.8 Å². The van der Waals surface area contributed by atoms with E-state index in [-0.39, 0.29) is 5.91 Å². The first-order chi connectivity index (χ1) is 11.0. The van der Waals surface area contributed by atoms with Gasteiger partial charge in [0.1, 0.15) is 5.69 Å². The van der Waals surface area contributed by atoms with E-state index in [0.29, 0.717) is 40.2 Å². The number of imidazole rings is 1. The van der Waals surface area contributed by atoms with Gasteiger partial charge >= 0.3 is 0 Å². The van der Waals surface area contributed by atoms with E-state index in [9.17, 15) is 4.79 Å². The Kier molecular flexibility index (Phi) is 6.69. The summed E-state index contributed by atoms with van der Waals surface area (Å²) in [6.07, 6.45) is 4.60. The molecular formula is C16H21Cl2N3O2. The number of nitrogens with one attached hydrogen (secondary N) is 1. The average molecular weight is 358 g/mol. The highest BCUT2D eigenvalue weighted by Gasteiger charge is 2.18. The minimum Gasteiger partial charge on any atom is -0.381 e. The molecule has 0 atom stereocenters. The van der Waals surface area contributed by atoms with Crippen LogP contribution in [0.2, 0.25) is 10.0 Å². The first-order valence-electron chi connectivity index (χ1n) is 7.74. The lowest BCUT2D eigenvalue weighted by molar-refractivity contribution is 0.0934. The van der Waals surface area contributed by atoms with Crippen LogP contribution in [0.3, 0.4) is 0 Å². The van der Waals surface area contributed by atoms with Crippen LogP contribution in [0.25, 0.3) is 5.65 Å². The fourth-order valence-corrected chi connectivity index (χ4v) is 2.78. The number of nitrogens with zero attached hydrogens (tertiary/aromatic N) is 2. The van der Waals surface area contributed by atoms with Crippen LogP contribution in [-0.4, -0.2) is 35.1 Å². The van der Waals surface area contributed by atoms with Crippen molar-refractivity contribution in [1.82, 2.24) is 14.7 Å². The maximum atomic E-state index is 12.4. The quantitative estimate of drug-likeness (QED) is 0.729. The van der Waals surface area contributed by atoms with Gasteiger partial charge in [-0.05, 0) is 25.8 Å². The number of rotatable bonds is 8. The standard InChI is InChI=1S/C16H21Cl2N3O2/c1-3-4-7-23-8-5-6-19-16(22)14-11(2)20-15-13(18)9-12(17)10-21(14)15/h9-10H,3-8H2,1-2H3,(H,19,22). The fourth-order valence-electron chi connectivity index (χ4n) is 2.27. The number of ether oxygens (including phenoxy) is 1. The predicted octanol–water partition coefficient (Wildman–Crippen LogP) is 3.89. The molecule has 1 N–H and O–H groups in total. The van der Waals surface area contributed by atoms with Crippen LogP contribution in [0, 0.1) is 6.92 Å². The lowest BCUT2D eigenvalue weighted by Crippen LogP contribution is -2.27. The molecule has 0 bridgehead atoms. The molecule has 0 aromatic carbocycles. The second-order valence-electron chi connectivity index (χ2n) is 5.32. The molecule has 0 fully saturated rings. The number of fused-ring (bicyclic) bond motifs is 1. The third kappa shape index (κ3) is 4.59.